The number of nitrogens with zero attached hydrogens (tertiary/aromatic N) is 1. The van der Waals surface area contributed by atoms with Crippen LogP contribution in [0.4, 0.5) is 5.82 Å². The Morgan fingerprint density at radius 3 is 2.83 bits per heavy atom. The van der Waals surface area contributed by atoms with Crippen molar-refractivity contribution in [1.82, 2.24) is 4.98 Å². The first kappa shape index (κ1) is 8.52. The van der Waals surface area contributed by atoms with Gasteiger partial charge in [0, 0.05) is 5.69 Å². The van der Waals surface area contributed by atoms with Gasteiger partial charge in [0.05, 0.1) is 5.56 Å². The first-order chi connectivity index (χ1) is 5.63. The second-order valence-electron chi connectivity index (χ2n) is 2.43. The number of nitrogens with two attached hydrogens (primary N) is 1. The predicted octanol–water partition coefficient (Wildman–Crippen LogP) is 0.924. The largest absolute Gasteiger partial charge is 0.478 e. The summed E-state index contributed by atoms with van der Waals surface area (Å²) in [5.41, 5.74) is 6.29. The molecule has 0 atom stereocenters. The van der Waals surface area contributed by atoms with Gasteiger partial charge in [0.2, 0.25) is 0 Å². The van der Waals surface area contributed by atoms with E-state index in [-0.39, 0.29) is 11.4 Å². The molecule has 1 rings (SSSR count). The molecule has 1 aromatic heterocycles. The third-order valence-corrected chi connectivity index (χ3v) is 1.51. The molecule has 0 radical (unpaired) electrons. The molecular formula is C8H10N2O2. The van der Waals surface area contributed by atoms with Crippen molar-refractivity contribution >= 4 is 11.8 Å². The van der Waals surface area contributed by atoms with Crippen molar-refractivity contribution in [3.05, 3.63) is 23.4 Å². The van der Waals surface area contributed by atoms with E-state index in [1.165, 1.54) is 12.1 Å². The van der Waals surface area contributed by atoms with Crippen LogP contribution in [0.15, 0.2) is 12.1 Å². The number of hydrogen-bond acceptors (Lipinski definition) is 3. The highest BCUT2D eigenvalue weighted by Gasteiger charge is 2.05. The molecule has 64 valence electrons. The first-order valence-electron chi connectivity index (χ1n) is 3.63. The highest BCUT2D eigenvalue weighted by molar-refractivity contribution is 5.88. The van der Waals surface area contributed by atoms with Crippen molar-refractivity contribution in [2.24, 2.45) is 0 Å². The summed E-state index contributed by atoms with van der Waals surface area (Å²) in [5.74, 6) is -0.717. The van der Waals surface area contributed by atoms with E-state index in [0.717, 1.165) is 0 Å². The van der Waals surface area contributed by atoms with Crippen molar-refractivity contribution in [3.63, 3.8) is 0 Å². The van der Waals surface area contributed by atoms with E-state index in [1.54, 1.807) is 0 Å². The van der Waals surface area contributed by atoms with Gasteiger partial charge >= 0.3 is 5.97 Å². The van der Waals surface area contributed by atoms with E-state index in [2.05, 4.69) is 4.98 Å². The molecule has 0 aliphatic carbocycles. The third-order valence-electron chi connectivity index (χ3n) is 1.51. The van der Waals surface area contributed by atoms with E-state index in [4.69, 9.17) is 10.8 Å². The van der Waals surface area contributed by atoms with Gasteiger partial charge in [-0.05, 0) is 18.6 Å². The van der Waals surface area contributed by atoms with Crippen LogP contribution in [-0.2, 0) is 6.42 Å². The van der Waals surface area contributed by atoms with E-state index in [9.17, 15) is 4.79 Å². The van der Waals surface area contributed by atoms with Crippen LogP contribution >= 0.6 is 0 Å². The fourth-order valence-corrected chi connectivity index (χ4v) is 0.915. The van der Waals surface area contributed by atoms with E-state index in [0.29, 0.717) is 12.1 Å². The lowest BCUT2D eigenvalue weighted by Crippen LogP contribution is -2.02. The van der Waals surface area contributed by atoms with E-state index >= 15 is 0 Å². The molecule has 4 heteroatoms. The second-order valence-corrected chi connectivity index (χ2v) is 2.43. The number of carboxylic acids is 1. The van der Waals surface area contributed by atoms with Crippen LogP contribution in [0.2, 0.25) is 0 Å². The number of aryl methyl sites for hydroxylation is 1. The maximum atomic E-state index is 10.5. The molecule has 1 heterocycles. The number of hydrogen-bond donors (Lipinski definition) is 2. The number of aromatic nitrogens is 1. The number of carbonyl (C=O) groups is 1. The van der Waals surface area contributed by atoms with Crippen molar-refractivity contribution in [1.29, 1.82) is 0 Å². The summed E-state index contributed by atoms with van der Waals surface area (Å²) in [5, 5.41) is 8.65. The Bertz CT molecular complexity index is 310. The number of anilines is 1. The molecule has 0 saturated heterocycles. The van der Waals surface area contributed by atoms with Crippen molar-refractivity contribution in [3.8, 4) is 0 Å². The SMILES string of the molecule is CCc1cc(C(=O)O)cc(N)n1. The van der Waals surface area contributed by atoms with Gasteiger partial charge in [-0.3, -0.25) is 0 Å². The Hall–Kier alpha value is -1.58. The maximum absolute atomic E-state index is 10.5. The average molecular weight is 166 g/mol. The normalized spacial score (nSPS) is 9.75. The van der Waals surface area contributed by atoms with Crippen LogP contribution in [0.1, 0.15) is 23.0 Å². The smallest absolute Gasteiger partial charge is 0.335 e. The number of aromatic carboxylic acids is 1. The molecule has 0 aliphatic rings. The van der Waals surface area contributed by atoms with Crippen molar-refractivity contribution < 1.29 is 9.90 Å². The van der Waals surface area contributed by atoms with Gasteiger partial charge in [-0.1, -0.05) is 6.92 Å². The summed E-state index contributed by atoms with van der Waals surface area (Å²) in [6.45, 7) is 1.90. The topological polar surface area (TPSA) is 76.2 Å². The van der Waals surface area contributed by atoms with Crippen LogP contribution in [0, 0.1) is 0 Å². The number of nitrogen functional groups attached to an aromatic ring is 1. The van der Waals surface area contributed by atoms with Crippen molar-refractivity contribution in [2.75, 3.05) is 5.73 Å². The Kier molecular flexibility index (Phi) is 2.28. The molecule has 0 amide bonds. The Labute approximate surface area is 70.0 Å². The molecule has 0 spiro atoms. The molecular weight excluding hydrogens is 156 g/mol. The third kappa shape index (κ3) is 1.72. The quantitative estimate of drug-likeness (QED) is 0.685. The molecule has 0 bridgehead atoms. The fourth-order valence-electron chi connectivity index (χ4n) is 0.915. The Morgan fingerprint density at radius 1 is 1.67 bits per heavy atom. The maximum Gasteiger partial charge on any atom is 0.335 e. The fraction of sp³-hybridized carbons (Fsp3) is 0.250. The summed E-state index contributed by atoms with van der Waals surface area (Å²) < 4.78 is 0. The minimum Gasteiger partial charge on any atom is -0.478 e. The van der Waals surface area contributed by atoms with Gasteiger partial charge in [-0.15, -0.1) is 0 Å². The van der Waals surface area contributed by atoms with Crippen LogP contribution < -0.4 is 5.73 Å². The minimum atomic E-state index is -0.973. The molecule has 4 nitrogen and oxygen atoms in total. The molecule has 0 saturated carbocycles. The molecule has 0 aliphatic heterocycles. The van der Waals surface area contributed by atoms with Gasteiger partial charge < -0.3 is 10.8 Å². The highest BCUT2D eigenvalue weighted by Crippen LogP contribution is 2.07. The van der Waals surface area contributed by atoms with Gasteiger partial charge in [0.25, 0.3) is 0 Å². The first-order valence-corrected chi connectivity index (χ1v) is 3.63. The summed E-state index contributed by atoms with van der Waals surface area (Å²) in [4.78, 5) is 14.5. The number of rotatable bonds is 2. The zero-order valence-corrected chi connectivity index (χ0v) is 6.74. The average Bonchev–Trinajstić information content (AvgIpc) is 2.03. The molecule has 0 aromatic carbocycles. The molecule has 1 aromatic rings. The lowest BCUT2D eigenvalue weighted by Gasteiger charge is -2.00. The monoisotopic (exact) mass is 166 g/mol. The zero-order chi connectivity index (χ0) is 9.14. The minimum absolute atomic E-state index is 0.194. The predicted molar refractivity (Wildman–Crippen MR) is 45.0 cm³/mol. The van der Waals surface area contributed by atoms with Gasteiger partial charge in [-0.2, -0.15) is 0 Å². The Balaban J connectivity index is 3.15. The number of pyridine rings is 1. The molecule has 0 unspecified atom stereocenters. The summed E-state index contributed by atoms with van der Waals surface area (Å²) >= 11 is 0. The number of carboxylic acid groups (broad SMARTS) is 1. The van der Waals surface area contributed by atoms with Crippen molar-refractivity contribution in [2.45, 2.75) is 13.3 Å². The van der Waals surface area contributed by atoms with E-state index in [1.807, 2.05) is 6.92 Å². The van der Waals surface area contributed by atoms with E-state index < -0.39 is 5.97 Å². The van der Waals surface area contributed by atoms with Crippen LogP contribution in [-0.4, -0.2) is 16.1 Å². The standard InChI is InChI=1S/C8H10N2O2/c1-2-6-3-5(8(11)12)4-7(9)10-6/h3-4H,2H2,1H3,(H2,9,10)(H,11,12). The Morgan fingerprint density at radius 2 is 2.33 bits per heavy atom. The second kappa shape index (κ2) is 3.21. The summed E-state index contributed by atoms with van der Waals surface area (Å²) in [6.07, 6.45) is 0.686. The van der Waals surface area contributed by atoms with Gasteiger partial charge in [0.1, 0.15) is 5.82 Å². The lowest BCUT2D eigenvalue weighted by molar-refractivity contribution is 0.0696. The van der Waals surface area contributed by atoms with Crippen LogP contribution in [0.3, 0.4) is 0 Å². The van der Waals surface area contributed by atoms with Gasteiger partial charge in [-0.25, -0.2) is 9.78 Å². The van der Waals surface area contributed by atoms with Crippen LogP contribution in [0.5, 0.6) is 0 Å². The van der Waals surface area contributed by atoms with Crippen LogP contribution in [0.25, 0.3) is 0 Å². The zero-order valence-electron chi connectivity index (χ0n) is 6.74. The lowest BCUT2D eigenvalue weighted by atomic mass is 10.2. The molecule has 3 N–H and O–H groups in total. The highest BCUT2D eigenvalue weighted by atomic mass is 16.4. The van der Waals surface area contributed by atoms with Gasteiger partial charge in [0.15, 0.2) is 0 Å². The molecule has 12 heavy (non-hydrogen) atoms. The summed E-state index contributed by atoms with van der Waals surface area (Å²) in [6, 6.07) is 2.88. The molecule has 0 fully saturated rings. The summed E-state index contributed by atoms with van der Waals surface area (Å²) in [7, 11) is 0.